The number of amides is 1. The zero-order valence-electron chi connectivity index (χ0n) is 16.4. The Morgan fingerprint density at radius 1 is 1.13 bits per heavy atom. The normalized spacial score (nSPS) is 17.6. The molecule has 30 heavy (non-hydrogen) atoms. The van der Waals surface area contributed by atoms with Gasteiger partial charge in [0.1, 0.15) is 0 Å². The molecule has 1 amide bonds. The quantitative estimate of drug-likeness (QED) is 0.559. The standard InChI is InChI=1S/C21H24Cl2N2O3S2/c22-18-6-8-20(9-7-18)30(27,28)25-11-2-4-17(14-25)21(26)24-10-12-29-15-16-3-1-5-19(23)13-16/h1,3,5-9,13,17H,2,4,10-12,14-15H2,(H,24,26). The molecule has 0 bridgehead atoms. The van der Waals surface area contributed by atoms with Crippen molar-refractivity contribution < 1.29 is 13.2 Å². The van der Waals surface area contributed by atoms with Crippen molar-refractivity contribution in [1.82, 2.24) is 9.62 Å². The minimum Gasteiger partial charge on any atom is -0.355 e. The first-order valence-corrected chi connectivity index (χ1v) is 13.1. The molecule has 162 valence electrons. The van der Waals surface area contributed by atoms with E-state index in [4.69, 9.17) is 23.2 Å². The lowest BCUT2D eigenvalue weighted by molar-refractivity contribution is -0.125. The lowest BCUT2D eigenvalue weighted by Gasteiger charge is -2.31. The van der Waals surface area contributed by atoms with E-state index in [2.05, 4.69) is 5.32 Å². The van der Waals surface area contributed by atoms with Gasteiger partial charge in [0.25, 0.3) is 0 Å². The van der Waals surface area contributed by atoms with Gasteiger partial charge in [-0.25, -0.2) is 8.42 Å². The molecule has 3 rings (SSSR count). The van der Waals surface area contributed by atoms with Crippen LogP contribution in [0.2, 0.25) is 10.0 Å². The number of piperidine rings is 1. The van der Waals surface area contributed by atoms with Crippen molar-refractivity contribution in [2.75, 3.05) is 25.4 Å². The molecule has 5 nitrogen and oxygen atoms in total. The zero-order valence-corrected chi connectivity index (χ0v) is 19.5. The lowest BCUT2D eigenvalue weighted by atomic mass is 9.99. The fourth-order valence-corrected chi connectivity index (χ4v) is 6.01. The van der Waals surface area contributed by atoms with E-state index in [1.54, 1.807) is 23.9 Å². The second-order valence-corrected chi connectivity index (χ2v) is 11.0. The van der Waals surface area contributed by atoms with Gasteiger partial charge >= 0.3 is 0 Å². The first kappa shape index (κ1) is 23.4. The highest BCUT2D eigenvalue weighted by Gasteiger charge is 2.33. The van der Waals surface area contributed by atoms with E-state index in [9.17, 15) is 13.2 Å². The smallest absolute Gasteiger partial charge is 0.243 e. The summed E-state index contributed by atoms with van der Waals surface area (Å²) in [6.45, 7) is 1.17. The Balaban J connectivity index is 1.46. The van der Waals surface area contributed by atoms with Crippen LogP contribution in [0.25, 0.3) is 0 Å². The van der Waals surface area contributed by atoms with E-state index in [0.717, 1.165) is 22.1 Å². The third-order valence-electron chi connectivity index (χ3n) is 4.91. The monoisotopic (exact) mass is 486 g/mol. The van der Waals surface area contributed by atoms with Crippen molar-refractivity contribution in [3.05, 3.63) is 64.1 Å². The Hall–Kier alpha value is -1.25. The summed E-state index contributed by atoms with van der Waals surface area (Å²) in [5.41, 5.74) is 1.15. The molecule has 1 saturated heterocycles. The molecule has 9 heteroatoms. The summed E-state index contributed by atoms with van der Waals surface area (Å²) in [7, 11) is -3.63. The summed E-state index contributed by atoms with van der Waals surface area (Å²) in [6.07, 6.45) is 1.35. The molecule has 1 fully saturated rings. The first-order chi connectivity index (χ1) is 14.4. The predicted octanol–water partition coefficient (Wildman–Crippen LogP) is 4.44. The minimum absolute atomic E-state index is 0.0886. The maximum atomic E-state index is 12.9. The summed E-state index contributed by atoms with van der Waals surface area (Å²) in [6, 6.07) is 13.8. The maximum Gasteiger partial charge on any atom is 0.243 e. The van der Waals surface area contributed by atoms with Crippen LogP contribution in [0.1, 0.15) is 18.4 Å². The summed E-state index contributed by atoms with van der Waals surface area (Å²) in [5, 5.41) is 4.15. The van der Waals surface area contributed by atoms with E-state index >= 15 is 0 Å². The van der Waals surface area contributed by atoms with Gasteiger partial charge in [0, 0.05) is 41.2 Å². The summed E-state index contributed by atoms with van der Waals surface area (Å²) in [4.78, 5) is 12.8. The Kier molecular flexibility index (Phi) is 8.48. The third kappa shape index (κ3) is 6.37. The van der Waals surface area contributed by atoms with Crippen LogP contribution in [0.5, 0.6) is 0 Å². The SMILES string of the molecule is O=C(NCCSCc1cccc(Cl)c1)C1CCCN(S(=O)(=O)c2ccc(Cl)cc2)C1. The van der Waals surface area contributed by atoms with Gasteiger partial charge in [0.05, 0.1) is 10.8 Å². The van der Waals surface area contributed by atoms with Crippen molar-refractivity contribution in [3.8, 4) is 0 Å². The summed E-state index contributed by atoms with van der Waals surface area (Å²) in [5.74, 6) is 1.18. The van der Waals surface area contributed by atoms with E-state index < -0.39 is 10.0 Å². The highest BCUT2D eigenvalue weighted by atomic mass is 35.5. The Bertz CT molecular complexity index is 968. The van der Waals surface area contributed by atoms with Gasteiger partial charge in [-0.2, -0.15) is 16.1 Å². The molecule has 0 spiro atoms. The average molecular weight is 487 g/mol. The van der Waals surface area contributed by atoms with Gasteiger partial charge in [-0.15, -0.1) is 0 Å². The number of thioether (sulfide) groups is 1. The fraction of sp³-hybridized carbons (Fsp3) is 0.381. The highest BCUT2D eigenvalue weighted by Crippen LogP contribution is 2.25. The number of sulfonamides is 1. The number of carbonyl (C=O) groups is 1. The van der Waals surface area contributed by atoms with Gasteiger partial charge < -0.3 is 5.32 Å². The molecule has 1 atom stereocenters. The van der Waals surface area contributed by atoms with Crippen LogP contribution < -0.4 is 5.32 Å². The molecule has 0 radical (unpaired) electrons. The highest BCUT2D eigenvalue weighted by molar-refractivity contribution is 7.98. The molecule has 1 aliphatic heterocycles. The number of hydrogen-bond acceptors (Lipinski definition) is 4. The number of halogens is 2. The molecular formula is C21H24Cl2N2O3S2. The topological polar surface area (TPSA) is 66.5 Å². The maximum absolute atomic E-state index is 12.9. The van der Waals surface area contributed by atoms with E-state index in [-0.39, 0.29) is 23.3 Å². The molecule has 2 aromatic rings. The van der Waals surface area contributed by atoms with Crippen molar-refractivity contribution in [2.45, 2.75) is 23.5 Å². The van der Waals surface area contributed by atoms with Gasteiger partial charge in [-0.1, -0.05) is 35.3 Å². The molecule has 1 N–H and O–H groups in total. The van der Waals surface area contributed by atoms with Crippen LogP contribution in [0, 0.1) is 5.92 Å². The first-order valence-electron chi connectivity index (χ1n) is 9.72. The van der Waals surface area contributed by atoms with E-state index in [0.29, 0.717) is 31.0 Å². The summed E-state index contributed by atoms with van der Waals surface area (Å²) >= 11 is 13.6. The summed E-state index contributed by atoms with van der Waals surface area (Å²) < 4.78 is 27.1. The van der Waals surface area contributed by atoms with Crippen LogP contribution in [-0.4, -0.2) is 44.0 Å². The molecule has 1 heterocycles. The number of carbonyl (C=O) groups excluding carboxylic acids is 1. The largest absolute Gasteiger partial charge is 0.355 e. The van der Waals surface area contributed by atoms with Gasteiger partial charge in [0.15, 0.2) is 0 Å². The second-order valence-electron chi connectivity index (χ2n) is 7.13. The molecule has 1 aliphatic rings. The lowest BCUT2D eigenvalue weighted by Crippen LogP contribution is -2.45. The number of hydrogen-bond donors (Lipinski definition) is 1. The van der Waals surface area contributed by atoms with E-state index in [1.807, 2.05) is 24.3 Å². The zero-order chi connectivity index (χ0) is 21.6. The molecular weight excluding hydrogens is 463 g/mol. The average Bonchev–Trinajstić information content (AvgIpc) is 2.74. The van der Waals surface area contributed by atoms with E-state index in [1.165, 1.54) is 16.4 Å². The van der Waals surface area contributed by atoms with Gasteiger partial charge in [-0.05, 0) is 54.8 Å². The van der Waals surface area contributed by atoms with Crippen molar-refractivity contribution in [3.63, 3.8) is 0 Å². The molecule has 0 aromatic heterocycles. The predicted molar refractivity (Wildman–Crippen MR) is 124 cm³/mol. The Labute approximate surface area is 192 Å². The van der Waals surface area contributed by atoms with Crippen LogP contribution in [0.4, 0.5) is 0 Å². The second kappa shape index (κ2) is 10.9. The Morgan fingerprint density at radius 2 is 1.90 bits per heavy atom. The van der Waals surface area contributed by atoms with Gasteiger partial charge in [-0.3, -0.25) is 4.79 Å². The van der Waals surface area contributed by atoms with Gasteiger partial charge in [0.2, 0.25) is 15.9 Å². The molecule has 0 aliphatic carbocycles. The third-order valence-corrected chi connectivity index (χ3v) is 8.31. The number of nitrogens with one attached hydrogen (secondary N) is 1. The van der Waals surface area contributed by atoms with Crippen LogP contribution in [0.15, 0.2) is 53.4 Å². The van der Waals surface area contributed by atoms with Crippen molar-refractivity contribution in [2.24, 2.45) is 5.92 Å². The number of rotatable bonds is 8. The van der Waals surface area contributed by atoms with Crippen LogP contribution in [-0.2, 0) is 20.6 Å². The van der Waals surface area contributed by atoms with Crippen molar-refractivity contribution in [1.29, 1.82) is 0 Å². The Morgan fingerprint density at radius 3 is 2.63 bits per heavy atom. The minimum atomic E-state index is -3.63. The fourth-order valence-electron chi connectivity index (χ4n) is 3.34. The molecule has 1 unspecified atom stereocenters. The van der Waals surface area contributed by atoms with Crippen LogP contribution >= 0.6 is 35.0 Å². The molecule has 2 aromatic carbocycles. The van der Waals surface area contributed by atoms with Crippen LogP contribution in [0.3, 0.4) is 0 Å². The number of nitrogens with zero attached hydrogens (tertiary/aromatic N) is 1. The molecule has 0 saturated carbocycles. The van der Waals surface area contributed by atoms with Crippen molar-refractivity contribution >= 4 is 50.9 Å². The number of benzene rings is 2.